The number of furan rings is 1. The van der Waals surface area contributed by atoms with E-state index in [1.165, 1.54) is 22.3 Å². The SMILES string of the molecule is Cc1ccc(-c2ccc(C(=O)Nc3ccc(-c4nc5cc(C)c(C)cc5o4)cc3)o2)cc1C. The third-order valence-electron chi connectivity index (χ3n) is 6.01. The van der Waals surface area contributed by atoms with Crippen molar-refractivity contribution in [3.63, 3.8) is 0 Å². The van der Waals surface area contributed by atoms with E-state index in [9.17, 15) is 4.79 Å². The van der Waals surface area contributed by atoms with Crippen LogP contribution in [0.2, 0.25) is 0 Å². The number of aryl methyl sites for hydroxylation is 4. The van der Waals surface area contributed by atoms with Crippen LogP contribution in [0.15, 0.2) is 75.6 Å². The molecule has 0 aliphatic carbocycles. The smallest absolute Gasteiger partial charge is 0.291 e. The van der Waals surface area contributed by atoms with E-state index >= 15 is 0 Å². The Morgan fingerprint density at radius 2 is 1.42 bits per heavy atom. The molecule has 2 aromatic heterocycles. The molecule has 0 fully saturated rings. The first-order valence-corrected chi connectivity index (χ1v) is 10.8. The first-order valence-electron chi connectivity index (χ1n) is 10.8. The molecule has 0 saturated carbocycles. The fraction of sp³-hybridized carbons (Fsp3) is 0.143. The second kappa shape index (κ2) is 8.10. The molecule has 5 nitrogen and oxygen atoms in total. The number of fused-ring (bicyclic) bond motifs is 1. The molecule has 1 amide bonds. The lowest BCUT2D eigenvalue weighted by Gasteiger charge is -2.05. The zero-order valence-corrected chi connectivity index (χ0v) is 19.0. The minimum atomic E-state index is -0.300. The number of hydrogen-bond acceptors (Lipinski definition) is 4. The van der Waals surface area contributed by atoms with Crippen molar-refractivity contribution < 1.29 is 13.6 Å². The Morgan fingerprint density at radius 1 is 0.727 bits per heavy atom. The van der Waals surface area contributed by atoms with E-state index in [-0.39, 0.29) is 11.7 Å². The summed E-state index contributed by atoms with van der Waals surface area (Å²) in [6.07, 6.45) is 0. The highest BCUT2D eigenvalue weighted by atomic mass is 16.4. The van der Waals surface area contributed by atoms with Crippen molar-refractivity contribution in [1.29, 1.82) is 0 Å². The van der Waals surface area contributed by atoms with Gasteiger partial charge in [0.05, 0.1) is 0 Å². The van der Waals surface area contributed by atoms with Crippen LogP contribution in [0.4, 0.5) is 5.69 Å². The Morgan fingerprint density at radius 3 is 2.18 bits per heavy atom. The normalized spacial score (nSPS) is 11.2. The molecule has 5 rings (SSSR count). The lowest BCUT2D eigenvalue weighted by Crippen LogP contribution is -2.10. The van der Waals surface area contributed by atoms with Gasteiger partial charge in [-0.1, -0.05) is 12.1 Å². The molecule has 0 aliphatic heterocycles. The maximum absolute atomic E-state index is 12.7. The zero-order valence-electron chi connectivity index (χ0n) is 19.0. The van der Waals surface area contributed by atoms with E-state index in [4.69, 9.17) is 8.83 Å². The third-order valence-corrected chi connectivity index (χ3v) is 6.01. The van der Waals surface area contributed by atoms with Gasteiger partial charge in [0.25, 0.3) is 5.91 Å². The maximum Gasteiger partial charge on any atom is 0.291 e. The standard InChI is InChI=1S/C28H24N2O3/c1-16-5-6-21(13-17(16)2)24-11-12-25(32-24)27(31)29-22-9-7-20(8-10-22)28-30-23-14-18(3)19(4)15-26(23)33-28/h5-15H,1-4H3,(H,29,31). The van der Waals surface area contributed by atoms with E-state index in [0.29, 0.717) is 17.3 Å². The molecule has 33 heavy (non-hydrogen) atoms. The molecule has 0 bridgehead atoms. The van der Waals surface area contributed by atoms with Gasteiger partial charge in [0.2, 0.25) is 5.89 Å². The van der Waals surface area contributed by atoms with Gasteiger partial charge in [0.1, 0.15) is 11.3 Å². The highest BCUT2D eigenvalue weighted by Gasteiger charge is 2.14. The van der Waals surface area contributed by atoms with Gasteiger partial charge >= 0.3 is 0 Å². The predicted molar refractivity (Wildman–Crippen MR) is 130 cm³/mol. The molecule has 0 radical (unpaired) electrons. The molecule has 0 spiro atoms. The molecular formula is C28H24N2O3. The summed E-state index contributed by atoms with van der Waals surface area (Å²) in [6, 6.07) is 21.1. The summed E-state index contributed by atoms with van der Waals surface area (Å²) >= 11 is 0. The van der Waals surface area contributed by atoms with Crippen LogP contribution in [0.25, 0.3) is 33.9 Å². The monoisotopic (exact) mass is 436 g/mol. The molecule has 164 valence electrons. The van der Waals surface area contributed by atoms with Crippen molar-refractivity contribution in [3.8, 4) is 22.8 Å². The summed E-state index contributed by atoms with van der Waals surface area (Å²) < 4.78 is 11.7. The van der Waals surface area contributed by atoms with Gasteiger partial charge in [-0.2, -0.15) is 0 Å². The summed E-state index contributed by atoms with van der Waals surface area (Å²) in [6.45, 7) is 8.24. The van der Waals surface area contributed by atoms with Crippen molar-refractivity contribution in [1.82, 2.24) is 4.98 Å². The number of oxazole rings is 1. The number of amides is 1. The summed E-state index contributed by atoms with van der Waals surface area (Å²) in [5.41, 5.74) is 8.80. The number of nitrogens with zero attached hydrogens (tertiary/aromatic N) is 1. The lowest BCUT2D eigenvalue weighted by atomic mass is 10.1. The fourth-order valence-electron chi connectivity index (χ4n) is 3.70. The first-order chi connectivity index (χ1) is 15.9. The average molecular weight is 437 g/mol. The van der Waals surface area contributed by atoms with Crippen molar-refractivity contribution in [2.24, 2.45) is 0 Å². The Labute approximate surface area is 192 Å². The van der Waals surface area contributed by atoms with Crippen LogP contribution in [0.5, 0.6) is 0 Å². The summed E-state index contributed by atoms with van der Waals surface area (Å²) in [4.78, 5) is 17.3. The van der Waals surface area contributed by atoms with Gasteiger partial charge in [-0.15, -0.1) is 0 Å². The van der Waals surface area contributed by atoms with Gasteiger partial charge in [-0.3, -0.25) is 4.79 Å². The van der Waals surface area contributed by atoms with E-state index < -0.39 is 0 Å². The molecule has 0 aliphatic rings. The van der Waals surface area contributed by atoms with E-state index in [2.05, 4.69) is 44.1 Å². The van der Waals surface area contributed by atoms with Gasteiger partial charge in [-0.25, -0.2) is 4.98 Å². The number of aromatic nitrogens is 1. The predicted octanol–water partition coefficient (Wildman–Crippen LogP) is 7.24. The summed E-state index contributed by atoms with van der Waals surface area (Å²) in [7, 11) is 0. The topological polar surface area (TPSA) is 68.3 Å². The number of hydrogen-bond donors (Lipinski definition) is 1. The highest BCUT2D eigenvalue weighted by molar-refractivity contribution is 6.02. The molecule has 0 saturated heterocycles. The first kappa shape index (κ1) is 20.8. The largest absolute Gasteiger partial charge is 0.451 e. The molecule has 5 heteroatoms. The molecule has 0 atom stereocenters. The number of nitrogens with one attached hydrogen (secondary N) is 1. The lowest BCUT2D eigenvalue weighted by molar-refractivity contribution is 0.0997. The number of anilines is 1. The molecule has 0 unspecified atom stereocenters. The van der Waals surface area contributed by atoms with Crippen LogP contribution in [0.1, 0.15) is 32.8 Å². The Bertz CT molecular complexity index is 1450. The maximum atomic E-state index is 12.7. The highest BCUT2D eigenvalue weighted by Crippen LogP contribution is 2.28. The number of carbonyl (C=O) groups is 1. The summed E-state index contributed by atoms with van der Waals surface area (Å²) in [5, 5.41) is 2.88. The van der Waals surface area contributed by atoms with Crippen molar-refractivity contribution >= 4 is 22.7 Å². The summed E-state index contributed by atoms with van der Waals surface area (Å²) in [5.74, 6) is 1.18. The van der Waals surface area contributed by atoms with Gasteiger partial charge < -0.3 is 14.2 Å². The Hall–Kier alpha value is -4.12. The number of carbonyl (C=O) groups excluding carboxylic acids is 1. The molecule has 3 aromatic carbocycles. The van der Waals surface area contributed by atoms with Crippen molar-refractivity contribution in [3.05, 3.63) is 94.7 Å². The van der Waals surface area contributed by atoms with Gasteiger partial charge in [0, 0.05) is 16.8 Å². The average Bonchev–Trinajstić information content (AvgIpc) is 3.44. The van der Waals surface area contributed by atoms with E-state index in [0.717, 1.165) is 22.2 Å². The second-order valence-corrected chi connectivity index (χ2v) is 8.42. The number of benzene rings is 3. The minimum Gasteiger partial charge on any atom is -0.451 e. The molecular weight excluding hydrogens is 412 g/mol. The molecule has 5 aromatic rings. The van der Waals surface area contributed by atoms with Gasteiger partial charge in [-0.05, 0) is 105 Å². The number of rotatable bonds is 4. The van der Waals surface area contributed by atoms with E-state index in [1.54, 1.807) is 6.07 Å². The van der Waals surface area contributed by atoms with Crippen LogP contribution in [-0.2, 0) is 0 Å². The fourth-order valence-corrected chi connectivity index (χ4v) is 3.70. The molecule has 1 N–H and O–H groups in total. The van der Waals surface area contributed by atoms with Crippen molar-refractivity contribution in [2.75, 3.05) is 5.32 Å². The Balaban J connectivity index is 1.32. The van der Waals surface area contributed by atoms with Crippen LogP contribution < -0.4 is 5.32 Å². The van der Waals surface area contributed by atoms with Crippen LogP contribution in [-0.4, -0.2) is 10.9 Å². The molecule has 2 heterocycles. The van der Waals surface area contributed by atoms with E-state index in [1.807, 2.05) is 54.6 Å². The van der Waals surface area contributed by atoms with Crippen LogP contribution >= 0.6 is 0 Å². The third kappa shape index (κ3) is 4.05. The quantitative estimate of drug-likeness (QED) is 0.322. The van der Waals surface area contributed by atoms with Crippen LogP contribution in [0.3, 0.4) is 0 Å². The van der Waals surface area contributed by atoms with Crippen molar-refractivity contribution in [2.45, 2.75) is 27.7 Å². The minimum absolute atomic E-state index is 0.261. The van der Waals surface area contributed by atoms with Crippen LogP contribution in [0, 0.1) is 27.7 Å². The Kier molecular flexibility index (Phi) is 5.09. The zero-order chi connectivity index (χ0) is 23.1. The second-order valence-electron chi connectivity index (χ2n) is 8.42. The van der Waals surface area contributed by atoms with Gasteiger partial charge in [0.15, 0.2) is 11.3 Å².